The van der Waals surface area contributed by atoms with Crippen molar-refractivity contribution in [3.8, 4) is 0 Å². The van der Waals surface area contributed by atoms with E-state index < -0.39 is 0 Å². The van der Waals surface area contributed by atoms with Gasteiger partial charge in [-0.15, -0.1) is 11.3 Å². The van der Waals surface area contributed by atoms with Gasteiger partial charge in [0.05, 0.1) is 17.8 Å². The van der Waals surface area contributed by atoms with Gasteiger partial charge in [0, 0.05) is 10.3 Å². The van der Waals surface area contributed by atoms with Crippen molar-refractivity contribution in [2.75, 3.05) is 6.61 Å². The van der Waals surface area contributed by atoms with Crippen molar-refractivity contribution in [1.29, 1.82) is 0 Å². The van der Waals surface area contributed by atoms with Crippen molar-refractivity contribution in [3.63, 3.8) is 0 Å². The highest BCUT2D eigenvalue weighted by molar-refractivity contribution is 7.09. The molecule has 19 heavy (non-hydrogen) atoms. The number of aliphatic hydroxyl groups excluding tert-OH is 1. The molecular formula is C16H21NOS. The van der Waals surface area contributed by atoms with Crippen molar-refractivity contribution in [2.45, 2.75) is 38.5 Å². The van der Waals surface area contributed by atoms with E-state index in [0.717, 1.165) is 25.0 Å². The third-order valence-electron chi connectivity index (χ3n) is 4.04. The Hall–Kier alpha value is -1.19. The summed E-state index contributed by atoms with van der Waals surface area (Å²) < 4.78 is 0. The van der Waals surface area contributed by atoms with Gasteiger partial charge in [-0.1, -0.05) is 37.3 Å². The van der Waals surface area contributed by atoms with Crippen molar-refractivity contribution < 1.29 is 5.11 Å². The average molecular weight is 275 g/mol. The summed E-state index contributed by atoms with van der Waals surface area (Å²) in [5.41, 5.74) is 4.14. The molecule has 0 aliphatic carbocycles. The number of hydrogen-bond acceptors (Lipinski definition) is 3. The summed E-state index contributed by atoms with van der Waals surface area (Å²) in [5, 5.41) is 9.92. The van der Waals surface area contributed by atoms with E-state index in [1.54, 1.807) is 11.3 Å². The van der Waals surface area contributed by atoms with Crippen LogP contribution in [0.5, 0.6) is 0 Å². The summed E-state index contributed by atoms with van der Waals surface area (Å²) in [7, 11) is 0. The van der Waals surface area contributed by atoms with Crippen molar-refractivity contribution in [2.24, 2.45) is 0 Å². The summed E-state index contributed by atoms with van der Waals surface area (Å²) in [4.78, 5) is 5.63. The van der Waals surface area contributed by atoms with Gasteiger partial charge in [0.15, 0.2) is 0 Å². The van der Waals surface area contributed by atoms with Crippen LogP contribution >= 0.6 is 11.3 Å². The van der Waals surface area contributed by atoms with Crippen molar-refractivity contribution in [3.05, 3.63) is 52.0 Å². The predicted octanol–water partition coefficient (Wildman–Crippen LogP) is 3.72. The molecule has 0 saturated heterocycles. The molecule has 0 aliphatic heterocycles. The number of hydrogen-bond donors (Lipinski definition) is 1. The fourth-order valence-electron chi connectivity index (χ4n) is 2.52. The molecule has 102 valence electrons. The number of thiazole rings is 1. The van der Waals surface area contributed by atoms with Gasteiger partial charge in [0.25, 0.3) is 0 Å². The summed E-state index contributed by atoms with van der Waals surface area (Å²) in [6, 6.07) is 10.4. The lowest BCUT2D eigenvalue weighted by Gasteiger charge is -2.31. The number of benzene rings is 1. The molecule has 0 radical (unpaired) electrons. The molecule has 2 rings (SSSR count). The molecule has 1 N–H and O–H groups in total. The number of aliphatic hydroxyl groups is 1. The highest BCUT2D eigenvalue weighted by Crippen LogP contribution is 2.33. The van der Waals surface area contributed by atoms with Crippen LogP contribution in [0, 0.1) is 6.92 Å². The first-order valence-electron chi connectivity index (χ1n) is 6.77. The van der Waals surface area contributed by atoms with Crippen molar-refractivity contribution in [1.82, 2.24) is 4.98 Å². The van der Waals surface area contributed by atoms with Crippen LogP contribution in [0.4, 0.5) is 0 Å². The molecule has 1 aromatic heterocycles. The second-order valence-electron chi connectivity index (χ2n) is 5.02. The van der Waals surface area contributed by atoms with E-state index in [0.29, 0.717) is 0 Å². The lowest BCUT2D eigenvalue weighted by molar-refractivity contribution is 0.178. The Morgan fingerprint density at radius 2 is 2.00 bits per heavy atom. The van der Waals surface area contributed by atoms with E-state index in [1.165, 1.54) is 10.4 Å². The maximum atomic E-state index is 9.92. The minimum Gasteiger partial charge on any atom is -0.395 e. The number of rotatable bonds is 6. The monoisotopic (exact) mass is 275 g/mol. The standard InChI is InChI=1S/C16H21NOS/c1-3-16(11-18,14-7-5-4-6-8-14)10-9-15-13(2)17-12-19-15/h4-8,12,18H,3,9-11H2,1-2H3. The molecule has 0 bridgehead atoms. The van der Waals surface area contributed by atoms with E-state index in [9.17, 15) is 5.11 Å². The zero-order valence-corrected chi connectivity index (χ0v) is 12.4. The minimum absolute atomic E-state index is 0.127. The molecule has 1 atom stereocenters. The van der Waals surface area contributed by atoms with Gasteiger partial charge in [-0.25, -0.2) is 4.98 Å². The molecule has 1 heterocycles. The second-order valence-corrected chi connectivity index (χ2v) is 5.96. The molecule has 0 spiro atoms. The SMILES string of the molecule is CCC(CO)(CCc1scnc1C)c1ccccc1. The van der Waals surface area contributed by atoms with Gasteiger partial charge in [-0.05, 0) is 31.7 Å². The van der Waals surface area contributed by atoms with Gasteiger partial charge in [-0.3, -0.25) is 0 Å². The summed E-state index contributed by atoms with van der Waals surface area (Å²) in [5.74, 6) is 0. The Kier molecular flexibility index (Phi) is 4.72. The Bertz CT molecular complexity index is 502. The smallest absolute Gasteiger partial charge is 0.0797 e. The molecule has 3 heteroatoms. The largest absolute Gasteiger partial charge is 0.395 e. The predicted molar refractivity (Wildman–Crippen MR) is 80.7 cm³/mol. The van der Waals surface area contributed by atoms with E-state index >= 15 is 0 Å². The van der Waals surface area contributed by atoms with Crippen LogP contribution in [0.25, 0.3) is 0 Å². The van der Waals surface area contributed by atoms with Crippen LogP contribution in [0.2, 0.25) is 0 Å². The Morgan fingerprint density at radius 3 is 2.53 bits per heavy atom. The third kappa shape index (κ3) is 3.04. The maximum absolute atomic E-state index is 9.92. The maximum Gasteiger partial charge on any atom is 0.0797 e. The topological polar surface area (TPSA) is 33.1 Å². The average Bonchev–Trinajstić information content (AvgIpc) is 2.87. The van der Waals surface area contributed by atoms with Gasteiger partial charge < -0.3 is 5.11 Å². The molecular weight excluding hydrogens is 254 g/mol. The van der Waals surface area contributed by atoms with Crippen LogP contribution in [-0.4, -0.2) is 16.7 Å². The van der Waals surface area contributed by atoms with Gasteiger partial charge in [0.2, 0.25) is 0 Å². The number of aryl methyl sites for hydroxylation is 2. The normalized spacial score (nSPS) is 14.3. The molecule has 0 fully saturated rings. The molecule has 0 amide bonds. The van der Waals surface area contributed by atoms with Gasteiger partial charge >= 0.3 is 0 Å². The van der Waals surface area contributed by atoms with Crippen LogP contribution in [-0.2, 0) is 11.8 Å². The van der Waals surface area contributed by atoms with Crippen LogP contribution < -0.4 is 0 Å². The fourth-order valence-corrected chi connectivity index (χ4v) is 3.30. The Labute approximate surface area is 119 Å². The van der Waals surface area contributed by atoms with Crippen LogP contribution in [0.1, 0.15) is 35.9 Å². The number of aromatic nitrogens is 1. The molecule has 2 nitrogen and oxygen atoms in total. The van der Waals surface area contributed by atoms with E-state index in [-0.39, 0.29) is 12.0 Å². The first-order valence-corrected chi connectivity index (χ1v) is 7.65. The zero-order valence-electron chi connectivity index (χ0n) is 11.6. The summed E-state index contributed by atoms with van der Waals surface area (Å²) >= 11 is 1.71. The van der Waals surface area contributed by atoms with E-state index in [2.05, 4.69) is 31.0 Å². The van der Waals surface area contributed by atoms with E-state index in [4.69, 9.17) is 0 Å². The van der Waals surface area contributed by atoms with Gasteiger partial charge in [0.1, 0.15) is 0 Å². The highest BCUT2D eigenvalue weighted by atomic mass is 32.1. The molecule has 1 unspecified atom stereocenters. The van der Waals surface area contributed by atoms with E-state index in [1.807, 2.05) is 23.7 Å². The lowest BCUT2D eigenvalue weighted by atomic mass is 9.75. The molecule has 2 aromatic rings. The Morgan fingerprint density at radius 1 is 1.26 bits per heavy atom. The first kappa shape index (κ1) is 14.2. The quantitative estimate of drug-likeness (QED) is 0.871. The lowest BCUT2D eigenvalue weighted by Crippen LogP contribution is -2.30. The van der Waals surface area contributed by atoms with Crippen LogP contribution in [0.3, 0.4) is 0 Å². The summed E-state index contributed by atoms with van der Waals surface area (Å²) in [6.45, 7) is 4.41. The van der Waals surface area contributed by atoms with Gasteiger partial charge in [-0.2, -0.15) is 0 Å². The molecule has 1 aromatic carbocycles. The van der Waals surface area contributed by atoms with Crippen molar-refractivity contribution >= 4 is 11.3 Å². The third-order valence-corrected chi connectivity index (χ3v) is 5.04. The number of nitrogens with zero attached hydrogens (tertiary/aromatic N) is 1. The molecule has 0 aliphatic rings. The second kappa shape index (κ2) is 6.31. The zero-order chi connectivity index (χ0) is 13.7. The van der Waals surface area contributed by atoms with Crippen LogP contribution in [0.15, 0.2) is 35.8 Å². The molecule has 0 saturated carbocycles. The highest BCUT2D eigenvalue weighted by Gasteiger charge is 2.29. The minimum atomic E-state index is -0.127. The Balaban J connectivity index is 2.18. The fraction of sp³-hybridized carbons (Fsp3) is 0.438. The first-order chi connectivity index (χ1) is 9.22. The summed E-state index contributed by atoms with van der Waals surface area (Å²) in [6.07, 6.45) is 2.90.